The quantitative estimate of drug-likeness (QED) is 0.574. The van der Waals surface area contributed by atoms with Crippen LogP contribution in [-0.4, -0.2) is 30.9 Å². The van der Waals surface area contributed by atoms with E-state index in [1.54, 1.807) is 54.0 Å². The van der Waals surface area contributed by atoms with E-state index >= 15 is 0 Å². The van der Waals surface area contributed by atoms with Crippen LogP contribution in [0.2, 0.25) is 0 Å². The zero-order valence-electron chi connectivity index (χ0n) is 13.2. The molecule has 3 rings (SSSR count). The number of amides is 2. The number of nitrogens with one attached hydrogen (secondary N) is 3. The molecule has 0 aromatic carbocycles. The molecule has 0 unspecified atom stereocenters. The molecule has 0 aliphatic rings. The highest BCUT2D eigenvalue weighted by Crippen LogP contribution is 2.17. The molecule has 3 aromatic heterocycles. The van der Waals surface area contributed by atoms with E-state index in [0.717, 1.165) is 0 Å². The number of H-pyrrole nitrogens is 1. The minimum atomic E-state index is -0.326. The Balaban J connectivity index is 1.75. The monoisotopic (exact) mass is 327 g/mol. The van der Waals surface area contributed by atoms with E-state index in [-0.39, 0.29) is 11.8 Å². The summed E-state index contributed by atoms with van der Waals surface area (Å²) in [6.07, 6.45) is 6.35. The van der Waals surface area contributed by atoms with Gasteiger partial charge in [0.2, 0.25) is 0 Å². The van der Waals surface area contributed by atoms with Crippen LogP contribution in [0.15, 0.2) is 37.1 Å². The molecule has 9 heteroatoms. The molecule has 0 aliphatic heterocycles. The van der Waals surface area contributed by atoms with Gasteiger partial charge in [0.05, 0.1) is 17.7 Å². The zero-order chi connectivity index (χ0) is 17.3. The second kappa shape index (κ2) is 5.95. The average molecular weight is 327 g/mol. The SMILES string of the molecule is Cn1cc(N)cc1C(=O)Nc1cc(C(=O)Nc2c[nH]cn2)n(C)c1. The Morgan fingerprint density at radius 3 is 2.38 bits per heavy atom. The summed E-state index contributed by atoms with van der Waals surface area (Å²) in [5.74, 6) is -0.210. The van der Waals surface area contributed by atoms with Crippen LogP contribution < -0.4 is 16.4 Å². The van der Waals surface area contributed by atoms with Crippen LogP contribution in [0.5, 0.6) is 0 Å². The Labute approximate surface area is 137 Å². The van der Waals surface area contributed by atoms with Crippen molar-refractivity contribution in [2.75, 3.05) is 16.4 Å². The fraction of sp³-hybridized carbons (Fsp3) is 0.133. The van der Waals surface area contributed by atoms with Crippen LogP contribution >= 0.6 is 0 Å². The van der Waals surface area contributed by atoms with Gasteiger partial charge in [-0.15, -0.1) is 0 Å². The fourth-order valence-electron chi connectivity index (χ4n) is 2.38. The number of imidazole rings is 1. The summed E-state index contributed by atoms with van der Waals surface area (Å²) in [6, 6.07) is 3.18. The Bertz CT molecular complexity index is 889. The van der Waals surface area contributed by atoms with Gasteiger partial charge >= 0.3 is 0 Å². The van der Waals surface area contributed by atoms with Gasteiger partial charge in [0, 0.05) is 32.7 Å². The number of carbonyl (C=O) groups excluding carboxylic acids is 2. The van der Waals surface area contributed by atoms with Gasteiger partial charge in [0.1, 0.15) is 11.4 Å². The van der Waals surface area contributed by atoms with Gasteiger partial charge in [0.15, 0.2) is 5.82 Å². The number of anilines is 3. The van der Waals surface area contributed by atoms with Gasteiger partial charge in [-0.05, 0) is 12.1 Å². The molecular formula is C15H17N7O2. The van der Waals surface area contributed by atoms with E-state index in [9.17, 15) is 9.59 Å². The molecule has 9 nitrogen and oxygen atoms in total. The highest BCUT2D eigenvalue weighted by molar-refractivity contribution is 6.06. The van der Waals surface area contributed by atoms with Gasteiger partial charge in [-0.2, -0.15) is 0 Å². The number of hydrogen-bond donors (Lipinski definition) is 4. The molecule has 0 saturated carbocycles. The number of nitrogens with zero attached hydrogens (tertiary/aromatic N) is 3. The molecule has 5 N–H and O–H groups in total. The standard InChI is InChI=1S/C15H17N7O2/c1-21-6-9(16)3-11(21)14(23)19-10-4-12(22(2)7-10)15(24)20-13-5-17-8-18-13/h3-8H,16H2,1-2H3,(H,17,18)(H,19,23)(H,20,24). The van der Waals surface area contributed by atoms with Crippen LogP contribution in [-0.2, 0) is 14.1 Å². The lowest BCUT2D eigenvalue weighted by Gasteiger charge is -2.03. The second-order valence-corrected chi connectivity index (χ2v) is 5.36. The smallest absolute Gasteiger partial charge is 0.273 e. The van der Waals surface area contributed by atoms with Crippen molar-refractivity contribution < 1.29 is 9.59 Å². The van der Waals surface area contributed by atoms with E-state index in [1.807, 2.05) is 0 Å². The Morgan fingerprint density at radius 2 is 1.75 bits per heavy atom. The van der Waals surface area contributed by atoms with Crippen molar-refractivity contribution in [2.24, 2.45) is 14.1 Å². The van der Waals surface area contributed by atoms with Gasteiger partial charge in [-0.25, -0.2) is 4.98 Å². The number of hydrogen-bond acceptors (Lipinski definition) is 4. The first kappa shape index (κ1) is 15.4. The summed E-state index contributed by atoms with van der Waals surface area (Å²) in [4.78, 5) is 31.2. The van der Waals surface area contributed by atoms with Crippen LogP contribution in [0, 0.1) is 0 Å². The van der Waals surface area contributed by atoms with E-state index in [2.05, 4.69) is 20.6 Å². The van der Waals surface area contributed by atoms with Crippen molar-refractivity contribution in [1.29, 1.82) is 0 Å². The van der Waals surface area contributed by atoms with E-state index in [0.29, 0.717) is 28.6 Å². The molecule has 2 amide bonds. The van der Waals surface area contributed by atoms with Crippen molar-refractivity contribution in [3.05, 3.63) is 48.4 Å². The van der Waals surface area contributed by atoms with Crippen LogP contribution in [0.4, 0.5) is 17.2 Å². The highest BCUT2D eigenvalue weighted by Gasteiger charge is 2.16. The maximum Gasteiger partial charge on any atom is 0.273 e. The van der Waals surface area contributed by atoms with Gasteiger partial charge in [0.25, 0.3) is 11.8 Å². The lowest BCUT2D eigenvalue weighted by molar-refractivity contribution is 0.101. The van der Waals surface area contributed by atoms with Crippen molar-refractivity contribution in [1.82, 2.24) is 19.1 Å². The first-order valence-electron chi connectivity index (χ1n) is 7.13. The van der Waals surface area contributed by atoms with E-state index < -0.39 is 0 Å². The lowest BCUT2D eigenvalue weighted by Crippen LogP contribution is -2.15. The Morgan fingerprint density at radius 1 is 1.08 bits per heavy atom. The third kappa shape index (κ3) is 3.00. The molecular weight excluding hydrogens is 310 g/mol. The topological polar surface area (TPSA) is 123 Å². The van der Waals surface area contributed by atoms with Crippen molar-refractivity contribution in [2.45, 2.75) is 0 Å². The summed E-state index contributed by atoms with van der Waals surface area (Å²) in [6.45, 7) is 0. The molecule has 0 spiro atoms. The molecule has 0 radical (unpaired) electrons. The highest BCUT2D eigenvalue weighted by atomic mass is 16.2. The van der Waals surface area contributed by atoms with Crippen LogP contribution in [0.1, 0.15) is 21.0 Å². The van der Waals surface area contributed by atoms with E-state index in [1.165, 1.54) is 6.33 Å². The minimum absolute atomic E-state index is 0.306. The maximum atomic E-state index is 12.3. The Kier molecular flexibility index (Phi) is 3.82. The van der Waals surface area contributed by atoms with Crippen LogP contribution in [0.3, 0.4) is 0 Å². The number of aromatic amines is 1. The molecule has 3 heterocycles. The molecule has 0 aliphatic carbocycles. The van der Waals surface area contributed by atoms with Gasteiger partial charge < -0.3 is 30.5 Å². The second-order valence-electron chi connectivity index (χ2n) is 5.36. The zero-order valence-corrected chi connectivity index (χ0v) is 13.2. The normalized spacial score (nSPS) is 10.6. The number of nitrogens with two attached hydrogens (primary N) is 1. The molecule has 3 aromatic rings. The predicted molar refractivity (Wildman–Crippen MR) is 89.7 cm³/mol. The maximum absolute atomic E-state index is 12.3. The first-order valence-corrected chi connectivity index (χ1v) is 7.13. The first-order chi connectivity index (χ1) is 11.4. The van der Waals surface area contributed by atoms with E-state index in [4.69, 9.17) is 5.73 Å². The van der Waals surface area contributed by atoms with Crippen molar-refractivity contribution >= 4 is 29.0 Å². The summed E-state index contributed by atoms with van der Waals surface area (Å²) in [5, 5.41) is 5.40. The molecule has 0 bridgehead atoms. The number of aromatic nitrogens is 4. The van der Waals surface area contributed by atoms with Gasteiger partial charge in [-0.3, -0.25) is 9.59 Å². The molecule has 124 valence electrons. The number of aryl methyl sites for hydroxylation is 2. The predicted octanol–water partition coefficient (Wildman–Crippen LogP) is 1.17. The molecule has 0 atom stereocenters. The number of rotatable bonds is 4. The summed E-state index contributed by atoms with van der Waals surface area (Å²) < 4.78 is 3.26. The van der Waals surface area contributed by atoms with Crippen molar-refractivity contribution in [3.8, 4) is 0 Å². The third-order valence-electron chi connectivity index (χ3n) is 3.49. The Hall–Kier alpha value is -3.49. The summed E-state index contributed by atoms with van der Waals surface area (Å²) >= 11 is 0. The van der Waals surface area contributed by atoms with Crippen molar-refractivity contribution in [3.63, 3.8) is 0 Å². The molecule has 0 saturated heterocycles. The summed E-state index contributed by atoms with van der Waals surface area (Å²) in [7, 11) is 3.45. The number of nitrogen functional groups attached to an aromatic ring is 1. The molecule has 0 fully saturated rings. The lowest BCUT2D eigenvalue weighted by atomic mass is 10.3. The fourth-order valence-corrected chi connectivity index (χ4v) is 2.38. The average Bonchev–Trinajstić information content (AvgIpc) is 3.20. The largest absolute Gasteiger partial charge is 0.397 e. The van der Waals surface area contributed by atoms with Gasteiger partial charge in [-0.1, -0.05) is 0 Å². The molecule has 24 heavy (non-hydrogen) atoms. The van der Waals surface area contributed by atoms with Crippen LogP contribution in [0.25, 0.3) is 0 Å². The third-order valence-corrected chi connectivity index (χ3v) is 3.49. The summed E-state index contributed by atoms with van der Waals surface area (Å²) in [5.41, 5.74) is 7.51. The minimum Gasteiger partial charge on any atom is -0.397 e. The number of carbonyl (C=O) groups is 2.